The van der Waals surface area contributed by atoms with E-state index in [1.54, 1.807) is 28.8 Å². The Morgan fingerprint density at radius 1 is 1.18 bits per heavy atom. The van der Waals surface area contributed by atoms with Crippen LogP contribution < -0.4 is 10.5 Å². The lowest BCUT2D eigenvalue weighted by atomic mass is 10.1. The second-order valence-corrected chi connectivity index (χ2v) is 8.30. The third-order valence-corrected chi connectivity index (χ3v) is 5.57. The molecule has 4 rings (SSSR count). The molecule has 1 fully saturated rings. The molecule has 3 aromatic rings. The zero-order chi connectivity index (χ0) is 23.8. The van der Waals surface area contributed by atoms with Crippen molar-refractivity contribution in [1.29, 1.82) is 0 Å². The molecule has 176 valence electrons. The van der Waals surface area contributed by atoms with E-state index in [-0.39, 0.29) is 17.7 Å². The maximum absolute atomic E-state index is 13.7. The Labute approximate surface area is 189 Å². The molecular weight excluding hydrogens is 435 g/mol. The summed E-state index contributed by atoms with van der Waals surface area (Å²) in [4.78, 5) is 19.5. The van der Waals surface area contributed by atoms with Crippen molar-refractivity contribution in [2.24, 2.45) is 0 Å². The topological polar surface area (TPSA) is 65.2 Å². The van der Waals surface area contributed by atoms with Crippen molar-refractivity contribution in [3.8, 4) is 5.82 Å². The highest BCUT2D eigenvalue weighted by Gasteiger charge is 2.33. The van der Waals surface area contributed by atoms with Crippen molar-refractivity contribution in [1.82, 2.24) is 19.3 Å². The Hall–Kier alpha value is -3.14. The van der Waals surface area contributed by atoms with Gasteiger partial charge in [-0.1, -0.05) is 0 Å². The number of rotatable bonds is 5. The summed E-state index contributed by atoms with van der Waals surface area (Å²) in [5.41, 5.74) is 0.810. The summed E-state index contributed by atoms with van der Waals surface area (Å²) in [7, 11) is 0. The van der Waals surface area contributed by atoms with Crippen LogP contribution in [0.3, 0.4) is 0 Å². The van der Waals surface area contributed by atoms with Crippen LogP contribution in [-0.4, -0.2) is 45.1 Å². The van der Waals surface area contributed by atoms with Gasteiger partial charge in [-0.2, -0.15) is 18.3 Å². The minimum absolute atomic E-state index is 0.0572. The van der Waals surface area contributed by atoms with E-state index in [0.717, 1.165) is 23.3 Å². The molecule has 0 aromatic carbocycles. The van der Waals surface area contributed by atoms with Gasteiger partial charge in [0.1, 0.15) is 11.6 Å². The molecule has 1 atom stereocenters. The van der Waals surface area contributed by atoms with E-state index in [1.807, 2.05) is 20.0 Å². The van der Waals surface area contributed by atoms with Crippen LogP contribution in [0.15, 0.2) is 41.6 Å². The normalized spacial score (nSPS) is 16.9. The number of halogens is 3. The highest BCUT2D eigenvalue weighted by molar-refractivity contribution is 5.48. The first-order chi connectivity index (χ1) is 15.6. The van der Waals surface area contributed by atoms with Gasteiger partial charge in [-0.15, -0.1) is 0 Å². The first-order valence-corrected chi connectivity index (χ1v) is 10.8. The lowest BCUT2D eigenvalue weighted by Crippen LogP contribution is -2.41. The van der Waals surface area contributed by atoms with Gasteiger partial charge in [-0.3, -0.25) is 14.0 Å². The molecule has 0 amide bonds. The van der Waals surface area contributed by atoms with E-state index in [1.165, 1.54) is 10.8 Å². The molecule has 4 heterocycles. The van der Waals surface area contributed by atoms with Crippen LogP contribution >= 0.6 is 0 Å². The van der Waals surface area contributed by atoms with Gasteiger partial charge >= 0.3 is 6.18 Å². The van der Waals surface area contributed by atoms with Crippen LogP contribution in [0.5, 0.6) is 0 Å². The Balaban J connectivity index is 1.79. The molecule has 0 bridgehead atoms. The van der Waals surface area contributed by atoms with Gasteiger partial charge in [0.2, 0.25) is 0 Å². The molecule has 1 aliphatic heterocycles. The number of morpholine rings is 1. The molecule has 3 aromatic heterocycles. The second-order valence-electron chi connectivity index (χ2n) is 8.30. The summed E-state index contributed by atoms with van der Waals surface area (Å²) < 4.78 is 49.6. The van der Waals surface area contributed by atoms with Crippen LogP contribution in [0.2, 0.25) is 0 Å². The largest absolute Gasteiger partial charge is 0.416 e. The van der Waals surface area contributed by atoms with E-state index >= 15 is 0 Å². The molecule has 0 radical (unpaired) electrons. The fraction of sp³-hybridized carbons (Fsp3) is 0.435. The second kappa shape index (κ2) is 9.01. The maximum atomic E-state index is 13.7. The Kier molecular flexibility index (Phi) is 6.29. The van der Waals surface area contributed by atoms with Crippen molar-refractivity contribution in [3.63, 3.8) is 0 Å². The van der Waals surface area contributed by atoms with Crippen LogP contribution in [0.4, 0.5) is 19.0 Å². The number of aromatic nitrogens is 4. The van der Waals surface area contributed by atoms with Gasteiger partial charge < -0.3 is 9.64 Å². The highest BCUT2D eigenvalue weighted by Crippen LogP contribution is 2.33. The van der Waals surface area contributed by atoms with Gasteiger partial charge in [0.25, 0.3) is 5.56 Å². The minimum Gasteiger partial charge on any atom is -0.375 e. The molecule has 33 heavy (non-hydrogen) atoms. The number of nitrogens with zero attached hydrogens (tertiary/aromatic N) is 5. The van der Waals surface area contributed by atoms with Crippen molar-refractivity contribution in [2.45, 2.75) is 46.0 Å². The quantitative estimate of drug-likeness (QED) is 0.581. The molecule has 0 unspecified atom stereocenters. The molecule has 7 nitrogen and oxygen atoms in total. The summed E-state index contributed by atoms with van der Waals surface area (Å²) in [5, 5.41) is 4.23. The predicted octanol–water partition coefficient (Wildman–Crippen LogP) is 3.59. The summed E-state index contributed by atoms with van der Waals surface area (Å²) >= 11 is 0. The average molecular weight is 461 g/mol. The maximum Gasteiger partial charge on any atom is 0.416 e. The highest BCUT2D eigenvalue weighted by atomic mass is 19.4. The van der Waals surface area contributed by atoms with E-state index in [2.05, 4.69) is 10.1 Å². The van der Waals surface area contributed by atoms with Crippen LogP contribution in [0, 0.1) is 6.92 Å². The number of hydrogen-bond donors (Lipinski definition) is 0. The lowest BCUT2D eigenvalue weighted by Gasteiger charge is -2.32. The minimum atomic E-state index is -4.57. The molecule has 1 saturated heterocycles. The number of hydrogen-bond acceptors (Lipinski definition) is 5. The van der Waals surface area contributed by atoms with Gasteiger partial charge in [0, 0.05) is 44.0 Å². The summed E-state index contributed by atoms with van der Waals surface area (Å²) in [5.74, 6) is 0.118. The molecule has 0 N–H and O–H groups in total. The Morgan fingerprint density at radius 2 is 1.94 bits per heavy atom. The molecule has 0 saturated carbocycles. The van der Waals surface area contributed by atoms with E-state index in [9.17, 15) is 18.0 Å². The lowest BCUT2D eigenvalue weighted by molar-refractivity contribution is -0.137. The third-order valence-electron chi connectivity index (χ3n) is 5.57. The average Bonchev–Trinajstić information content (AvgIpc) is 3.22. The van der Waals surface area contributed by atoms with Gasteiger partial charge in [-0.25, -0.2) is 4.98 Å². The molecular formula is C23H26F3N5O2. The molecule has 10 heteroatoms. The van der Waals surface area contributed by atoms with E-state index in [0.29, 0.717) is 38.2 Å². The SMILES string of the molecule is CCn1cc(Cc2cc(C)cn(-c3cc(C(F)(F)F)cc(N4CCO[C@H](C)C4)n3)c2=O)cn1. The summed E-state index contributed by atoms with van der Waals surface area (Å²) in [6.45, 7) is 7.56. The molecule has 0 aliphatic carbocycles. The van der Waals surface area contributed by atoms with Crippen molar-refractivity contribution >= 4 is 5.82 Å². The molecule has 0 spiro atoms. The zero-order valence-corrected chi connectivity index (χ0v) is 18.8. The first kappa shape index (κ1) is 23.0. The first-order valence-electron chi connectivity index (χ1n) is 10.8. The van der Waals surface area contributed by atoms with Crippen molar-refractivity contribution in [2.75, 3.05) is 24.6 Å². The van der Waals surface area contributed by atoms with Crippen molar-refractivity contribution < 1.29 is 17.9 Å². The van der Waals surface area contributed by atoms with Gasteiger partial charge in [0.15, 0.2) is 0 Å². The summed E-state index contributed by atoms with van der Waals surface area (Å²) in [6.07, 6.45) is 0.691. The number of anilines is 1. The predicted molar refractivity (Wildman–Crippen MR) is 118 cm³/mol. The van der Waals surface area contributed by atoms with Crippen LogP contribution in [-0.2, 0) is 23.9 Å². The Bertz CT molecular complexity index is 1200. The number of pyridine rings is 2. The van der Waals surface area contributed by atoms with Crippen molar-refractivity contribution in [3.05, 3.63) is 69.4 Å². The zero-order valence-electron chi connectivity index (χ0n) is 18.8. The van der Waals surface area contributed by atoms with E-state index < -0.39 is 17.3 Å². The number of ether oxygens (including phenoxy) is 1. The molecule has 1 aliphatic rings. The standard InChI is InChI=1S/C23H26F3N5O2/c1-4-30-14-17(11-27-30)8-18-7-15(2)12-31(22(18)32)21-10-19(23(24,25)26)9-20(28-21)29-5-6-33-16(3)13-29/h7,9-12,14,16H,4-6,8,13H2,1-3H3/t16-/m1/s1. The monoisotopic (exact) mass is 461 g/mol. The van der Waals surface area contributed by atoms with Gasteiger partial charge in [-0.05, 0) is 50.1 Å². The number of aryl methyl sites for hydroxylation is 2. The number of alkyl halides is 3. The van der Waals surface area contributed by atoms with Crippen LogP contribution in [0.25, 0.3) is 5.82 Å². The fourth-order valence-electron chi connectivity index (χ4n) is 3.96. The van der Waals surface area contributed by atoms with Crippen LogP contribution in [0.1, 0.15) is 36.1 Å². The third kappa shape index (κ3) is 5.11. The van der Waals surface area contributed by atoms with Gasteiger partial charge in [0.05, 0.1) is 24.5 Å². The summed E-state index contributed by atoms with van der Waals surface area (Å²) in [6, 6.07) is 3.70. The van der Waals surface area contributed by atoms with E-state index in [4.69, 9.17) is 4.74 Å². The fourth-order valence-corrected chi connectivity index (χ4v) is 3.96. The smallest absolute Gasteiger partial charge is 0.375 e. The Morgan fingerprint density at radius 3 is 2.61 bits per heavy atom.